The molecule has 1 aliphatic rings. The molecule has 64 valence electrons. The molecule has 1 saturated heterocycles. The molecule has 1 rings (SSSR count). The summed E-state index contributed by atoms with van der Waals surface area (Å²) in [7, 11) is 3.34. The van der Waals surface area contributed by atoms with Crippen LogP contribution in [-0.2, 0) is 9.53 Å². The number of ether oxygens (including phenoxy) is 1. The monoisotopic (exact) mass is 158 g/mol. The smallest absolute Gasteiger partial charge is 0.311 e. The van der Waals surface area contributed by atoms with E-state index in [0.29, 0.717) is 6.54 Å². The number of hydrogen-bond acceptors (Lipinski definition) is 4. The number of esters is 1. The van der Waals surface area contributed by atoms with E-state index in [0.717, 1.165) is 6.54 Å². The van der Waals surface area contributed by atoms with E-state index in [9.17, 15) is 4.79 Å². The summed E-state index contributed by atoms with van der Waals surface area (Å²) < 4.78 is 4.61. The number of methoxy groups -OCH3 is 1. The second-order valence-corrected chi connectivity index (χ2v) is 3.01. The van der Waals surface area contributed by atoms with Crippen molar-refractivity contribution >= 4 is 5.97 Å². The molecule has 0 bridgehead atoms. The minimum absolute atomic E-state index is 0.0625. The first kappa shape index (κ1) is 8.49. The van der Waals surface area contributed by atoms with E-state index in [4.69, 9.17) is 5.73 Å². The van der Waals surface area contributed by atoms with Crippen LogP contribution < -0.4 is 5.73 Å². The van der Waals surface area contributed by atoms with Crippen LogP contribution in [0.25, 0.3) is 0 Å². The molecule has 0 aromatic heterocycles. The number of hydrogen-bond donors (Lipinski definition) is 1. The normalized spacial score (nSPS) is 32.3. The van der Waals surface area contributed by atoms with E-state index in [2.05, 4.69) is 4.74 Å². The topological polar surface area (TPSA) is 55.6 Å². The Labute approximate surface area is 66.3 Å². The molecule has 0 spiro atoms. The van der Waals surface area contributed by atoms with Crippen molar-refractivity contribution in [3.05, 3.63) is 0 Å². The maximum Gasteiger partial charge on any atom is 0.311 e. The molecule has 4 nitrogen and oxygen atoms in total. The molecule has 0 unspecified atom stereocenters. The van der Waals surface area contributed by atoms with Crippen LogP contribution in [0.2, 0.25) is 0 Å². The number of likely N-dealkylation sites (N-methyl/N-ethyl adjacent to an activating group) is 1. The van der Waals surface area contributed by atoms with Crippen molar-refractivity contribution < 1.29 is 9.53 Å². The number of carbonyl (C=O) groups is 1. The Balaban J connectivity index is 2.52. The van der Waals surface area contributed by atoms with Gasteiger partial charge in [-0.1, -0.05) is 0 Å². The molecule has 0 saturated carbocycles. The minimum Gasteiger partial charge on any atom is -0.469 e. The Morgan fingerprint density at radius 3 is 2.64 bits per heavy atom. The first-order valence-electron chi connectivity index (χ1n) is 3.67. The zero-order valence-corrected chi connectivity index (χ0v) is 6.91. The summed E-state index contributed by atoms with van der Waals surface area (Å²) in [5, 5.41) is 0. The van der Waals surface area contributed by atoms with E-state index >= 15 is 0 Å². The summed E-state index contributed by atoms with van der Waals surface area (Å²) in [5.41, 5.74) is 5.70. The zero-order valence-electron chi connectivity index (χ0n) is 6.91. The Morgan fingerprint density at radius 1 is 1.64 bits per heavy atom. The molecule has 2 atom stereocenters. The second kappa shape index (κ2) is 3.19. The first-order valence-corrected chi connectivity index (χ1v) is 3.67. The van der Waals surface area contributed by atoms with Crippen molar-refractivity contribution in [2.45, 2.75) is 6.04 Å². The summed E-state index contributed by atoms with van der Waals surface area (Å²) in [5.74, 6) is -0.327. The van der Waals surface area contributed by atoms with Crippen molar-refractivity contribution in [2.75, 3.05) is 27.2 Å². The summed E-state index contributed by atoms with van der Waals surface area (Å²) in [6.07, 6.45) is 0. The van der Waals surface area contributed by atoms with E-state index in [1.165, 1.54) is 7.11 Å². The van der Waals surface area contributed by atoms with Gasteiger partial charge in [-0.15, -0.1) is 0 Å². The van der Waals surface area contributed by atoms with Crippen molar-refractivity contribution in [1.82, 2.24) is 4.90 Å². The Kier molecular flexibility index (Phi) is 2.46. The molecule has 1 aliphatic heterocycles. The van der Waals surface area contributed by atoms with Gasteiger partial charge in [0.25, 0.3) is 0 Å². The number of likely N-dealkylation sites (tertiary alicyclic amines) is 1. The zero-order chi connectivity index (χ0) is 8.43. The minimum atomic E-state index is -0.193. The van der Waals surface area contributed by atoms with Crippen LogP contribution in [0.15, 0.2) is 0 Å². The van der Waals surface area contributed by atoms with Gasteiger partial charge in [-0.05, 0) is 7.05 Å². The summed E-state index contributed by atoms with van der Waals surface area (Å²) in [6.45, 7) is 1.49. The Bertz CT molecular complexity index is 161. The highest BCUT2D eigenvalue weighted by Crippen LogP contribution is 2.14. The van der Waals surface area contributed by atoms with Crippen LogP contribution in [0, 0.1) is 5.92 Å². The third-order valence-corrected chi connectivity index (χ3v) is 2.05. The molecule has 4 heteroatoms. The number of rotatable bonds is 1. The molecule has 0 aromatic carbocycles. The molecule has 2 N–H and O–H groups in total. The lowest BCUT2D eigenvalue weighted by molar-refractivity contribution is -0.145. The van der Waals surface area contributed by atoms with Crippen LogP contribution in [-0.4, -0.2) is 44.2 Å². The van der Waals surface area contributed by atoms with E-state index in [1.54, 1.807) is 0 Å². The largest absolute Gasteiger partial charge is 0.469 e. The quantitative estimate of drug-likeness (QED) is 0.500. The predicted octanol–water partition coefficient (Wildman–Crippen LogP) is -0.952. The van der Waals surface area contributed by atoms with Gasteiger partial charge in [-0.25, -0.2) is 0 Å². The number of carbonyl (C=O) groups excluding carboxylic acids is 1. The third kappa shape index (κ3) is 1.70. The maximum atomic E-state index is 11.0. The van der Waals surface area contributed by atoms with Gasteiger partial charge in [0.1, 0.15) is 0 Å². The summed E-state index contributed by atoms with van der Waals surface area (Å²) in [4.78, 5) is 13.1. The average molecular weight is 158 g/mol. The standard InChI is InChI=1S/C7H14N2O2/c1-9-3-5(6(8)4-9)7(10)11-2/h5-6H,3-4,8H2,1-2H3/t5-,6-/m0/s1. The Morgan fingerprint density at radius 2 is 2.27 bits per heavy atom. The van der Waals surface area contributed by atoms with Gasteiger partial charge in [0.05, 0.1) is 13.0 Å². The van der Waals surface area contributed by atoms with Gasteiger partial charge >= 0.3 is 5.97 Å². The molecule has 0 aromatic rings. The van der Waals surface area contributed by atoms with E-state index in [-0.39, 0.29) is 17.9 Å². The predicted molar refractivity (Wildman–Crippen MR) is 41.0 cm³/mol. The summed E-state index contributed by atoms with van der Waals surface area (Å²) in [6, 6.07) is -0.0625. The average Bonchev–Trinajstić information content (AvgIpc) is 2.28. The van der Waals surface area contributed by atoms with Crippen molar-refractivity contribution in [3.8, 4) is 0 Å². The molecule has 0 radical (unpaired) electrons. The van der Waals surface area contributed by atoms with Gasteiger partial charge in [0.2, 0.25) is 0 Å². The van der Waals surface area contributed by atoms with Gasteiger partial charge in [0, 0.05) is 19.1 Å². The fraction of sp³-hybridized carbons (Fsp3) is 0.857. The van der Waals surface area contributed by atoms with E-state index in [1.807, 2.05) is 11.9 Å². The van der Waals surface area contributed by atoms with Gasteiger partial charge in [-0.3, -0.25) is 4.79 Å². The lowest BCUT2D eigenvalue weighted by Crippen LogP contribution is -2.34. The van der Waals surface area contributed by atoms with Crippen LogP contribution in [0.5, 0.6) is 0 Å². The molecule has 1 fully saturated rings. The first-order chi connectivity index (χ1) is 5.15. The lowest BCUT2D eigenvalue weighted by atomic mass is 10.1. The fourth-order valence-corrected chi connectivity index (χ4v) is 1.43. The lowest BCUT2D eigenvalue weighted by Gasteiger charge is -2.10. The van der Waals surface area contributed by atoms with E-state index < -0.39 is 0 Å². The number of nitrogens with zero attached hydrogens (tertiary/aromatic N) is 1. The third-order valence-electron chi connectivity index (χ3n) is 2.05. The molecular formula is C7H14N2O2. The summed E-state index contributed by atoms with van der Waals surface area (Å²) >= 11 is 0. The second-order valence-electron chi connectivity index (χ2n) is 3.01. The fourth-order valence-electron chi connectivity index (χ4n) is 1.43. The van der Waals surface area contributed by atoms with Crippen LogP contribution in [0.1, 0.15) is 0 Å². The number of nitrogens with two attached hydrogens (primary N) is 1. The molecular weight excluding hydrogens is 144 g/mol. The SMILES string of the molecule is COC(=O)[C@H]1CN(C)C[C@@H]1N. The van der Waals surface area contributed by atoms with Crippen molar-refractivity contribution in [2.24, 2.45) is 11.7 Å². The highest BCUT2D eigenvalue weighted by molar-refractivity contribution is 5.73. The Hall–Kier alpha value is -0.610. The van der Waals surface area contributed by atoms with Crippen LogP contribution in [0.4, 0.5) is 0 Å². The van der Waals surface area contributed by atoms with Gasteiger partial charge in [-0.2, -0.15) is 0 Å². The van der Waals surface area contributed by atoms with Gasteiger partial charge < -0.3 is 15.4 Å². The molecule has 0 aliphatic carbocycles. The van der Waals surface area contributed by atoms with Gasteiger partial charge in [0.15, 0.2) is 0 Å². The maximum absolute atomic E-state index is 11.0. The highest BCUT2D eigenvalue weighted by atomic mass is 16.5. The van der Waals surface area contributed by atoms with Crippen molar-refractivity contribution in [3.63, 3.8) is 0 Å². The molecule has 11 heavy (non-hydrogen) atoms. The van der Waals surface area contributed by atoms with Crippen LogP contribution in [0.3, 0.4) is 0 Å². The van der Waals surface area contributed by atoms with Crippen molar-refractivity contribution in [1.29, 1.82) is 0 Å². The molecule has 1 heterocycles. The van der Waals surface area contributed by atoms with Crippen LogP contribution >= 0.6 is 0 Å². The molecule has 0 amide bonds. The highest BCUT2D eigenvalue weighted by Gasteiger charge is 2.34.